The van der Waals surface area contributed by atoms with Crippen molar-refractivity contribution in [2.75, 3.05) is 31.8 Å². The number of ether oxygens (including phenoxy) is 1. The predicted molar refractivity (Wildman–Crippen MR) is 227 cm³/mol. The molecule has 1 unspecified atom stereocenters. The number of aryl methyl sites for hydroxylation is 1. The van der Waals surface area contributed by atoms with Gasteiger partial charge in [0.15, 0.2) is 0 Å². The number of nitrogens with one attached hydrogen (secondary N) is 1. The Bertz CT molecular complexity index is 1450. The highest BCUT2D eigenvalue weighted by Gasteiger charge is 2.39. The molecule has 0 fully saturated rings. The lowest BCUT2D eigenvalue weighted by Gasteiger charge is -2.40. The van der Waals surface area contributed by atoms with Crippen LogP contribution in [0.1, 0.15) is 112 Å². The van der Waals surface area contributed by atoms with Crippen LogP contribution in [0.4, 0.5) is 0 Å². The van der Waals surface area contributed by atoms with Gasteiger partial charge in [0.25, 0.3) is 0 Å². The van der Waals surface area contributed by atoms with Crippen LogP contribution in [-0.4, -0.2) is 42.7 Å². The van der Waals surface area contributed by atoms with Crippen LogP contribution in [-0.2, 0) is 30.3 Å². The van der Waals surface area contributed by atoms with Crippen molar-refractivity contribution in [1.29, 1.82) is 0 Å². The SMILES string of the molecule is O=P(O)(OCCBr)OC[C@@H](COCCCCCCCCCCCCCCCCc1ccccc1)NC(c1ccccc1)(c1ccccc1)c1ccccc1. The number of halogens is 1. The van der Waals surface area contributed by atoms with E-state index in [4.69, 9.17) is 13.8 Å². The summed E-state index contributed by atoms with van der Waals surface area (Å²) in [6.45, 7) is 0.927. The molecular weight excluding hydrogens is 757 g/mol. The molecule has 2 N–H and O–H groups in total. The van der Waals surface area contributed by atoms with Gasteiger partial charge < -0.3 is 9.63 Å². The molecule has 8 heteroatoms. The lowest BCUT2D eigenvalue weighted by atomic mass is 9.76. The van der Waals surface area contributed by atoms with Crippen molar-refractivity contribution in [3.8, 4) is 0 Å². The van der Waals surface area contributed by atoms with Crippen LogP contribution in [0.3, 0.4) is 0 Å². The molecule has 0 aliphatic heterocycles. The highest BCUT2D eigenvalue weighted by Crippen LogP contribution is 2.44. The van der Waals surface area contributed by atoms with E-state index in [0.717, 1.165) is 29.5 Å². The van der Waals surface area contributed by atoms with Gasteiger partial charge >= 0.3 is 7.82 Å². The summed E-state index contributed by atoms with van der Waals surface area (Å²) in [7, 11) is -4.26. The Morgan fingerprint density at radius 3 is 1.39 bits per heavy atom. The molecule has 0 heterocycles. The molecule has 294 valence electrons. The standard InChI is InChI=1S/C46H63BrNO5P/c47-36-38-52-54(49,50)53-40-45(48-46(42-30-20-14-21-31-42,43-32-22-15-23-33-43)44-34-24-16-25-35-44)39-51-37-26-12-10-8-6-4-2-1-3-5-7-9-11-17-27-41-28-18-13-19-29-41/h13-16,18-25,28-35,45,48H,1-12,17,26-27,36-40H2,(H,49,50)/t45-/m1/s1. The number of phosphoric ester groups is 1. The summed E-state index contributed by atoms with van der Waals surface area (Å²) in [6, 6.07) is 41.3. The molecule has 2 atom stereocenters. The molecule has 4 aromatic rings. The smallest absolute Gasteiger partial charge is 0.380 e. The molecule has 0 aliphatic carbocycles. The maximum Gasteiger partial charge on any atom is 0.472 e. The highest BCUT2D eigenvalue weighted by atomic mass is 79.9. The molecule has 0 saturated carbocycles. The van der Waals surface area contributed by atoms with Crippen molar-refractivity contribution < 1.29 is 23.2 Å². The number of unbranched alkanes of at least 4 members (excludes halogenated alkanes) is 13. The Kier molecular flexibility index (Phi) is 21.5. The zero-order valence-electron chi connectivity index (χ0n) is 32.2. The first-order valence-corrected chi connectivity index (χ1v) is 22.9. The summed E-state index contributed by atoms with van der Waals surface area (Å²) in [5, 5.41) is 4.29. The van der Waals surface area contributed by atoms with Crippen molar-refractivity contribution in [2.45, 2.75) is 108 Å². The van der Waals surface area contributed by atoms with Crippen molar-refractivity contribution in [2.24, 2.45) is 0 Å². The first kappa shape index (κ1) is 44.1. The first-order chi connectivity index (χ1) is 26.5. The fourth-order valence-corrected chi connectivity index (χ4v) is 8.33. The fourth-order valence-electron chi connectivity index (χ4n) is 7.15. The summed E-state index contributed by atoms with van der Waals surface area (Å²) in [5.74, 6) is 0. The van der Waals surface area contributed by atoms with E-state index in [2.05, 4.69) is 88.0 Å². The normalized spacial score (nSPS) is 13.4. The minimum absolute atomic E-state index is 0.0700. The van der Waals surface area contributed by atoms with Crippen LogP contribution in [0, 0.1) is 0 Å². The second-order valence-corrected chi connectivity index (χ2v) is 16.5. The van der Waals surface area contributed by atoms with Gasteiger partial charge in [-0.25, -0.2) is 4.57 Å². The molecule has 4 aromatic carbocycles. The molecule has 6 nitrogen and oxygen atoms in total. The average molecular weight is 821 g/mol. The minimum Gasteiger partial charge on any atom is -0.380 e. The fraction of sp³-hybridized carbons (Fsp3) is 0.478. The van der Waals surface area contributed by atoms with Gasteiger partial charge in [-0.05, 0) is 41.5 Å². The molecule has 0 spiro atoms. The minimum atomic E-state index is -4.26. The number of rotatable bonds is 30. The molecule has 0 aliphatic rings. The second-order valence-electron chi connectivity index (χ2n) is 14.2. The van der Waals surface area contributed by atoms with Crippen LogP contribution in [0.2, 0.25) is 0 Å². The Labute approximate surface area is 334 Å². The molecule has 0 amide bonds. The van der Waals surface area contributed by atoms with E-state index < -0.39 is 19.4 Å². The number of benzene rings is 4. The van der Waals surface area contributed by atoms with Gasteiger partial charge in [0.2, 0.25) is 0 Å². The summed E-state index contributed by atoms with van der Waals surface area (Å²) in [5.41, 5.74) is 3.81. The van der Waals surface area contributed by atoms with Crippen LogP contribution in [0.25, 0.3) is 0 Å². The Balaban J connectivity index is 1.19. The van der Waals surface area contributed by atoms with Gasteiger partial charge in [0, 0.05) is 11.9 Å². The summed E-state index contributed by atoms with van der Waals surface area (Å²) in [6.07, 6.45) is 19.3. The van der Waals surface area contributed by atoms with Crippen LogP contribution in [0.5, 0.6) is 0 Å². The van der Waals surface area contributed by atoms with Gasteiger partial charge in [0.1, 0.15) is 0 Å². The third kappa shape index (κ3) is 16.2. The maximum absolute atomic E-state index is 12.7. The van der Waals surface area contributed by atoms with Crippen molar-refractivity contribution in [1.82, 2.24) is 5.32 Å². The lowest BCUT2D eigenvalue weighted by Crippen LogP contribution is -2.53. The van der Waals surface area contributed by atoms with Gasteiger partial charge in [-0.15, -0.1) is 0 Å². The van der Waals surface area contributed by atoms with Gasteiger partial charge in [0.05, 0.1) is 31.4 Å². The Morgan fingerprint density at radius 2 is 0.944 bits per heavy atom. The summed E-state index contributed by atoms with van der Waals surface area (Å²) in [4.78, 5) is 10.4. The van der Waals surface area contributed by atoms with Crippen LogP contribution >= 0.6 is 23.8 Å². The van der Waals surface area contributed by atoms with E-state index in [9.17, 15) is 9.46 Å². The quantitative estimate of drug-likeness (QED) is 0.0236. The Hall–Kier alpha value is -2.61. The maximum atomic E-state index is 12.7. The zero-order chi connectivity index (χ0) is 38.0. The van der Waals surface area contributed by atoms with Gasteiger partial charge in [-0.2, -0.15) is 0 Å². The van der Waals surface area contributed by atoms with E-state index in [1.54, 1.807) is 0 Å². The predicted octanol–water partition coefficient (Wildman–Crippen LogP) is 12.2. The highest BCUT2D eigenvalue weighted by molar-refractivity contribution is 9.09. The van der Waals surface area contributed by atoms with Gasteiger partial charge in [-0.3, -0.25) is 14.4 Å². The number of hydrogen-bond donors (Lipinski definition) is 2. The third-order valence-electron chi connectivity index (χ3n) is 9.98. The van der Waals surface area contributed by atoms with E-state index >= 15 is 0 Å². The van der Waals surface area contributed by atoms with E-state index in [0.29, 0.717) is 18.5 Å². The average Bonchev–Trinajstić information content (AvgIpc) is 3.21. The second kappa shape index (κ2) is 26.3. The number of alkyl halides is 1. The molecule has 0 saturated heterocycles. The summed E-state index contributed by atoms with van der Waals surface area (Å²) < 4.78 is 29.7. The molecule has 54 heavy (non-hydrogen) atoms. The molecule has 0 aromatic heterocycles. The largest absolute Gasteiger partial charge is 0.472 e. The van der Waals surface area contributed by atoms with Crippen molar-refractivity contribution in [3.63, 3.8) is 0 Å². The molecular formula is C46H63BrNO5P. The van der Waals surface area contributed by atoms with Crippen LogP contribution in [0.15, 0.2) is 121 Å². The molecule has 0 bridgehead atoms. The van der Waals surface area contributed by atoms with E-state index in [1.165, 1.54) is 89.0 Å². The van der Waals surface area contributed by atoms with Crippen molar-refractivity contribution in [3.05, 3.63) is 144 Å². The van der Waals surface area contributed by atoms with Gasteiger partial charge in [-0.1, -0.05) is 214 Å². The van der Waals surface area contributed by atoms with E-state index in [1.807, 2.05) is 54.6 Å². The summed E-state index contributed by atoms with van der Waals surface area (Å²) >= 11 is 3.25. The van der Waals surface area contributed by atoms with Crippen molar-refractivity contribution >= 4 is 23.8 Å². The zero-order valence-corrected chi connectivity index (χ0v) is 34.7. The number of hydrogen-bond acceptors (Lipinski definition) is 5. The first-order valence-electron chi connectivity index (χ1n) is 20.3. The Morgan fingerprint density at radius 1 is 0.537 bits per heavy atom. The van der Waals surface area contributed by atoms with Crippen LogP contribution < -0.4 is 5.32 Å². The third-order valence-corrected chi connectivity index (χ3v) is 11.3. The monoisotopic (exact) mass is 819 g/mol. The molecule has 0 radical (unpaired) electrons. The number of phosphoric acid groups is 1. The topological polar surface area (TPSA) is 77.0 Å². The molecule has 4 rings (SSSR count). The van der Waals surface area contributed by atoms with E-state index in [-0.39, 0.29) is 13.2 Å². The lowest BCUT2D eigenvalue weighted by molar-refractivity contribution is 0.0706.